The molecule has 12 nitrogen and oxygen atoms in total. The largest absolute Gasteiger partial charge is 0.449 e. The van der Waals surface area contributed by atoms with Gasteiger partial charge in [-0.25, -0.2) is 9.69 Å². The number of imide groups is 2. The third-order valence-corrected chi connectivity index (χ3v) is 5.86. The summed E-state index contributed by atoms with van der Waals surface area (Å²) < 4.78 is 5.87. The Morgan fingerprint density at radius 1 is 0.946 bits per heavy atom. The lowest BCUT2D eigenvalue weighted by Crippen LogP contribution is -2.54. The van der Waals surface area contributed by atoms with Crippen LogP contribution >= 0.6 is 27.5 Å². The van der Waals surface area contributed by atoms with Crippen molar-refractivity contribution in [2.75, 3.05) is 4.90 Å². The predicted octanol–water partition coefficient (Wildman–Crippen LogP) is 5.38. The average Bonchev–Trinajstić information content (AvgIpc) is 2.83. The highest BCUT2D eigenvalue weighted by atomic mass is 79.9. The van der Waals surface area contributed by atoms with E-state index in [1.807, 2.05) is 0 Å². The lowest BCUT2D eigenvalue weighted by atomic mass is 10.1. The molecular formula is C23H12BrClN4O8. The molecule has 0 saturated carbocycles. The van der Waals surface area contributed by atoms with Crippen molar-refractivity contribution in [3.8, 4) is 11.5 Å². The first-order valence-electron chi connectivity index (χ1n) is 10.1. The molecule has 1 saturated heterocycles. The number of amides is 4. The molecule has 14 heteroatoms. The summed E-state index contributed by atoms with van der Waals surface area (Å²) in [7, 11) is 0. The number of benzene rings is 3. The maximum absolute atomic E-state index is 13.0. The molecule has 3 aromatic carbocycles. The molecule has 1 fully saturated rings. The summed E-state index contributed by atoms with van der Waals surface area (Å²) in [6, 6.07) is 12.3. The molecule has 4 amide bonds. The van der Waals surface area contributed by atoms with E-state index >= 15 is 0 Å². The summed E-state index contributed by atoms with van der Waals surface area (Å²) in [6.07, 6.45) is 1.25. The van der Waals surface area contributed by atoms with Crippen molar-refractivity contribution < 1.29 is 29.0 Å². The lowest BCUT2D eigenvalue weighted by molar-refractivity contribution is -0.394. The SMILES string of the molecule is O=C1NC(=O)N(c2cccc(Cl)c2)C(=O)/C1=C/c1ccc(Oc2ccc([N+](=O)[O-])cc2[N+](=O)[O-])c(Br)c1. The predicted molar refractivity (Wildman–Crippen MR) is 134 cm³/mol. The summed E-state index contributed by atoms with van der Waals surface area (Å²) in [6.45, 7) is 0. The van der Waals surface area contributed by atoms with E-state index in [0.29, 0.717) is 10.0 Å². The zero-order chi connectivity index (χ0) is 26.9. The number of nitrogens with one attached hydrogen (secondary N) is 1. The highest BCUT2D eigenvalue weighted by Gasteiger charge is 2.37. The van der Waals surface area contributed by atoms with Gasteiger partial charge in [-0.3, -0.25) is 35.1 Å². The molecule has 1 N–H and O–H groups in total. The van der Waals surface area contributed by atoms with Gasteiger partial charge in [0.2, 0.25) is 5.75 Å². The number of nitro benzene ring substituents is 2. The smallest absolute Gasteiger partial charge is 0.335 e. The van der Waals surface area contributed by atoms with Crippen LogP contribution < -0.4 is 15.0 Å². The fourth-order valence-electron chi connectivity index (χ4n) is 3.33. The molecule has 37 heavy (non-hydrogen) atoms. The molecular weight excluding hydrogens is 576 g/mol. The first-order valence-corrected chi connectivity index (χ1v) is 11.3. The number of nitrogens with zero attached hydrogens (tertiary/aromatic N) is 3. The Morgan fingerprint density at radius 3 is 2.32 bits per heavy atom. The van der Waals surface area contributed by atoms with E-state index < -0.39 is 39.1 Å². The van der Waals surface area contributed by atoms with Crippen LogP contribution in [0.4, 0.5) is 21.9 Å². The van der Waals surface area contributed by atoms with E-state index in [0.717, 1.165) is 23.1 Å². The number of halogens is 2. The van der Waals surface area contributed by atoms with E-state index in [1.165, 1.54) is 36.4 Å². The highest BCUT2D eigenvalue weighted by molar-refractivity contribution is 9.10. The Kier molecular flexibility index (Phi) is 7.00. The Balaban J connectivity index is 1.64. The van der Waals surface area contributed by atoms with E-state index in [-0.39, 0.29) is 27.8 Å². The van der Waals surface area contributed by atoms with Crippen LogP contribution in [0.3, 0.4) is 0 Å². The Hall–Kier alpha value is -4.62. The quantitative estimate of drug-likeness (QED) is 0.174. The van der Waals surface area contributed by atoms with Gasteiger partial charge in [-0.2, -0.15) is 0 Å². The molecule has 0 bridgehead atoms. The molecule has 0 atom stereocenters. The van der Waals surface area contributed by atoms with Gasteiger partial charge in [-0.1, -0.05) is 23.7 Å². The van der Waals surface area contributed by atoms with Crippen LogP contribution in [0.25, 0.3) is 6.08 Å². The van der Waals surface area contributed by atoms with Crippen molar-refractivity contribution in [1.82, 2.24) is 5.32 Å². The fraction of sp³-hybridized carbons (Fsp3) is 0. The normalized spacial score (nSPS) is 14.5. The molecule has 3 aromatic rings. The summed E-state index contributed by atoms with van der Waals surface area (Å²) in [5.41, 5.74) is -0.881. The number of ether oxygens (including phenoxy) is 1. The van der Waals surface area contributed by atoms with Crippen molar-refractivity contribution in [3.63, 3.8) is 0 Å². The van der Waals surface area contributed by atoms with E-state index in [1.54, 1.807) is 12.1 Å². The minimum atomic E-state index is -0.927. The number of urea groups is 1. The molecule has 0 aliphatic carbocycles. The number of hydrogen-bond donors (Lipinski definition) is 1. The fourth-order valence-corrected chi connectivity index (χ4v) is 3.99. The topological polar surface area (TPSA) is 162 Å². The van der Waals surface area contributed by atoms with Gasteiger partial charge >= 0.3 is 11.7 Å². The van der Waals surface area contributed by atoms with Gasteiger partial charge in [0, 0.05) is 11.1 Å². The summed E-state index contributed by atoms with van der Waals surface area (Å²) in [4.78, 5) is 59.2. The van der Waals surface area contributed by atoms with Crippen LogP contribution in [-0.2, 0) is 9.59 Å². The number of hydrogen-bond acceptors (Lipinski definition) is 8. The number of non-ortho nitro benzene ring substituents is 1. The molecule has 1 aliphatic rings. The van der Waals surface area contributed by atoms with Crippen LogP contribution in [-0.4, -0.2) is 27.7 Å². The summed E-state index contributed by atoms with van der Waals surface area (Å²) >= 11 is 9.23. The number of anilines is 1. The maximum atomic E-state index is 13.0. The number of rotatable bonds is 6. The van der Waals surface area contributed by atoms with Gasteiger partial charge in [0.15, 0.2) is 0 Å². The third kappa shape index (κ3) is 5.32. The van der Waals surface area contributed by atoms with E-state index in [4.69, 9.17) is 16.3 Å². The van der Waals surface area contributed by atoms with Crippen LogP contribution in [0, 0.1) is 20.2 Å². The van der Waals surface area contributed by atoms with E-state index in [9.17, 15) is 34.6 Å². The second-order valence-electron chi connectivity index (χ2n) is 7.40. The van der Waals surface area contributed by atoms with Crippen molar-refractivity contribution >= 4 is 68.5 Å². The van der Waals surface area contributed by atoms with Crippen molar-refractivity contribution in [2.45, 2.75) is 0 Å². The monoisotopic (exact) mass is 586 g/mol. The van der Waals surface area contributed by atoms with Crippen molar-refractivity contribution in [1.29, 1.82) is 0 Å². The Morgan fingerprint density at radius 2 is 1.68 bits per heavy atom. The highest BCUT2D eigenvalue weighted by Crippen LogP contribution is 2.37. The summed E-state index contributed by atoms with van der Waals surface area (Å²) in [5.74, 6) is -1.88. The minimum Gasteiger partial charge on any atom is -0.449 e. The van der Waals surface area contributed by atoms with Gasteiger partial charge in [0.05, 0.1) is 26.1 Å². The van der Waals surface area contributed by atoms with Gasteiger partial charge in [-0.15, -0.1) is 0 Å². The van der Waals surface area contributed by atoms with Gasteiger partial charge < -0.3 is 4.74 Å². The first-order chi connectivity index (χ1) is 17.5. The van der Waals surface area contributed by atoms with Gasteiger partial charge in [0.25, 0.3) is 17.5 Å². The average molecular weight is 588 g/mol. The molecule has 0 unspecified atom stereocenters. The lowest BCUT2D eigenvalue weighted by Gasteiger charge is -2.26. The molecule has 1 heterocycles. The van der Waals surface area contributed by atoms with Gasteiger partial charge in [0.1, 0.15) is 11.3 Å². The van der Waals surface area contributed by atoms with Crippen LogP contribution in [0.2, 0.25) is 5.02 Å². The second kappa shape index (κ2) is 10.2. The molecule has 1 aliphatic heterocycles. The molecule has 0 aromatic heterocycles. The third-order valence-electron chi connectivity index (χ3n) is 5.00. The number of carbonyl (C=O) groups excluding carboxylic acids is 3. The van der Waals surface area contributed by atoms with Crippen LogP contribution in [0.5, 0.6) is 11.5 Å². The van der Waals surface area contributed by atoms with Gasteiger partial charge in [-0.05, 0) is 64.0 Å². The zero-order valence-electron chi connectivity index (χ0n) is 18.2. The van der Waals surface area contributed by atoms with E-state index in [2.05, 4.69) is 21.2 Å². The molecule has 186 valence electrons. The number of barbiturate groups is 1. The number of carbonyl (C=O) groups is 3. The van der Waals surface area contributed by atoms with Crippen molar-refractivity contribution in [2.24, 2.45) is 0 Å². The molecule has 0 radical (unpaired) electrons. The molecule has 4 rings (SSSR count). The first kappa shape index (κ1) is 25.5. The zero-order valence-corrected chi connectivity index (χ0v) is 20.6. The maximum Gasteiger partial charge on any atom is 0.335 e. The van der Waals surface area contributed by atoms with Crippen LogP contribution in [0.15, 0.2) is 70.7 Å². The molecule has 0 spiro atoms. The minimum absolute atomic E-state index is 0.120. The second-order valence-corrected chi connectivity index (χ2v) is 8.69. The van der Waals surface area contributed by atoms with Crippen LogP contribution in [0.1, 0.15) is 5.56 Å². The summed E-state index contributed by atoms with van der Waals surface area (Å²) in [5, 5.41) is 24.7. The standard InChI is InChI=1S/C23H12BrClN4O8/c24-17-9-12(4-6-19(17)37-20-7-5-15(28(33)34)11-18(20)29(35)36)8-16-21(30)26-23(32)27(22(16)31)14-3-1-2-13(25)10-14/h1-11H,(H,26,30,32)/b16-8+. The number of nitro groups is 2. The Labute approximate surface area is 220 Å². The van der Waals surface area contributed by atoms with Crippen molar-refractivity contribution in [3.05, 3.63) is 102 Å². The Bertz CT molecular complexity index is 1540.